The highest BCUT2D eigenvalue weighted by molar-refractivity contribution is 7.13. The lowest BCUT2D eigenvalue weighted by Crippen LogP contribution is -2.23. The molecule has 0 N–H and O–H groups in total. The first-order valence-electron chi connectivity index (χ1n) is 7.90. The van der Waals surface area contributed by atoms with Crippen molar-refractivity contribution in [2.24, 2.45) is 0 Å². The van der Waals surface area contributed by atoms with E-state index in [1.54, 1.807) is 11.3 Å². The van der Waals surface area contributed by atoms with Crippen LogP contribution in [0.1, 0.15) is 30.1 Å². The molecule has 1 fully saturated rings. The molecule has 0 unspecified atom stereocenters. The summed E-state index contributed by atoms with van der Waals surface area (Å²) in [7, 11) is 0. The molecule has 1 aliphatic rings. The third-order valence-corrected chi connectivity index (χ3v) is 5.09. The Labute approximate surface area is 139 Å². The number of nitrogens with zero attached hydrogens (tertiary/aromatic N) is 4. The van der Waals surface area contributed by atoms with Crippen molar-refractivity contribution in [2.45, 2.75) is 25.4 Å². The van der Waals surface area contributed by atoms with Crippen molar-refractivity contribution in [3.63, 3.8) is 0 Å². The summed E-state index contributed by atoms with van der Waals surface area (Å²) in [4.78, 5) is 17.2. The van der Waals surface area contributed by atoms with Crippen molar-refractivity contribution in [3.05, 3.63) is 65.6 Å². The van der Waals surface area contributed by atoms with Gasteiger partial charge in [0.2, 0.25) is 0 Å². The molecule has 116 valence electrons. The number of hydrogen-bond acceptors (Lipinski definition) is 5. The minimum Gasteiger partial charge on any atom is -0.290 e. The van der Waals surface area contributed by atoms with Gasteiger partial charge in [-0.05, 0) is 43.0 Å². The summed E-state index contributed by atoms with van der Waals surface area (Å²) in [6, 6.07) is 10.7. The quantitative estimate of drug-likeness (QED) is 0.730. The molecule has 1 atom stereocenters. The van der Waals surface area contributed by atoms with Gasteiger partial charge in [-0.1, -0.05) is 12.1 Å². The highest BCUT2D eigenvalue weighted by atomic mass is 32.1. The van der Waals surface area contributed by atoms with Gasteiger partial charge in [0.15, 0.2) is 5.82 Å². The lowest BCUT2D eigenvalue weighted by atomic mass is 10.1. The minimum atomic E-state index is 0.410. The van der Waals surface area contributed by atoms with Crippen molar-refractivity contribution in [3.8, 4) is 10.7 Å². The van der Waals surface area contributed by atoms with Crippen molar-refractivity contribution < 1.29 is 0 Å². The molecule has 4 rings (SSSR count). The zero-order valence-electron chi connectivity index (χ0n) is 12.8. The molecule has 1 aliphatic heterocycles. The predicted molar refractivity (Wildman–Crippen MR) is 92.0 cm³/mol. The topological polar surface area (TPSA) is 41.9 Å². The van der Waals surface area contributed by atoms with E-state index in [9.17, 15) is 0 Å². The minimum absolute atomic E-state index is 0.410. The fraction of sp³-hybridized carbons (Fsp3) is 0.278. The molecular weight excluding hydrogens is 304 g/mol. The number of hydrogen-bond donors (Lipinski definition) is 0. The molecule has 0 amide bonds. The summed E-state index contributed by atoms with van der Waals surface area (Å²) in [6.45, 7) is 1.99. The Morgan fingerprint density at radius 3 is 2.74 bits per heavy atom. The van der Waals surface area contributed by atoms with E-state index in [0.717, 1.165) is 29.4 Å². The highest BCUT2D eigenvalue weighted by Gasteiger charge is 2.26. The van der Waals surface area contributed by atoms with E-state index in [1.807, 2.05) is 36.1 Å². The van der Waals surface area contributed by atoms with E-state index in [4.69, 9.17) is 0 Å². The summed E-state index contributed by atoms with van der Waals surface area (Å²) in [6.07, 6.45) is 8.18. The van der Waals surface area contributed by atoms with E-state index >= 15 is 0 Å². The molecule has 23 heavy (non-hydrogen) atoms. The van der Waals surface area contributed by atoms with Gasteiger partial charge in [-0.3, -0.25) is 9.88 Å². The van der Waals surface area contributed by atoms with Crippen LogP contribution < -0.4 is 0 Å². The van der Waals surface area contributed by atoms with Crippen molar-refractivity contribution in [1.82, 2.24) is 19.9 Å². The monoisotopic (exact) mass is 322 g/mol. The van der Waals surface area contributed by atoms with Gasteiger partial charge in [0.1, 0.15) is 0 Å². The first-order valence-corrected chi connectivity index (χ1v) is 8.78. The van der Waals surface area contributed by atoms with Crippen LogP contribution >= 0.6 is 11.3 Å². The van der Waals surface area contributed by atoms with Crippen LogP contribution in [0.3, 0.4) is 0 Å². The molecule has 5 heteroatoms. The fourth-order valence-corrected chi connectivity index (χ4v) is 3.80. The van der Waals surface area contributed by atoms with Gasteiger partial charge in [0.25, 0.3) is 0 Å². The van der Waals surface area contributed by atoms with Gasteiger partial charge in [-0.25, -0.2) is 9.97 Å². The van der Waals surface area contributed by atoms with Gasteiger partial charge in [-0.2, -0.15) is 0 Å². The molecule has 0 radical (unpaired) electrons. The molecule has 0 aliphatic carbocycles. The van der Waals surface area contributed by atoms with Crippen LogP contribution in [0.5, 0.6) is 0 Å². The maximum atomic E-state index is 4.53. The highest BCUT2D eigenvalue weighted by Crippen LogP contribution is 2.31. The Balaban J connectivity index is 1.49. The lowest BCUT2D eigenvalue weighted by molar-refractivity contribution is 0.244. The smallest absolute Gasteiger partial charge is 0.169 e. The van der Waals surface area contributed by atoms with E-state index < -0.39 is 0 Å². The molecule has 3 aromatic heterocycles. The van der Waals surface area contributed by atoms with Gasteiger partial charge in [-0.15, -0.1) is 11.3 Å². The van der Waals surface area contributed by atoms with Gasteiger partial charge < -0.3 is 0 Å². The second kappa shape index (κ2) is 6.56. The average molecular weight is 322 g/mol. The first-order chi connectivity index (χ1) is 11.4. The predicted octanol–water partition coefficient (Wildman–Crippen LogP) is 3.94. The third-order valence-electron chi connectivity index (χ3n) is 4.23. The fourth-order valence-electron chi connectivity index (χ4n) is 3.13. The molecule has 0 bridgehead atoms. The van der Waals surface area contributed by atoms with Crippen LogP contribution in [0.4, 0.5) is 0 Å². The van der Waals surface area contributed by atoms with Crippen LogP contribution in [0.15, 0.2) is 54.3 Å². The van der Waals surface area contributed by atoms with E-state index in [2.05, 4.69) is 38.1 Å². The number of pyridine rings is 1. The summed E-state index contributed by atoms with van der Waals surface area (Å²) < 4.78 is 0. The molecule has 0 saturated carbocycles. The number of aromatic nitrogens is 3. The second-order valence-corrected chi connectivity index (χ2v) is 6.72. The molecule has 3 aromatic rings. The summed E-state index contributed by atoms with van der Waals surface area (Å²) in [5.41, 5.74) is 2.33. The molecular formula is C18H18N4S. The standard InChI is InChI=1S/C18H18N4S/c1-2-8-19-15(5-1)16-6-3-9-22(16)13-14-11-20-18(21-12-14)17-7-4-10-23-17/h1-2,4-5,7-8,10-12,16H,3,6,9,13H2/t16-/m0/s1. The van der Waals surface area contributed by atoms with E-state index in [-0.39, 0.29) is 0 Å². The van der Waals surface area contributed by atoms with Crippen LogP contribution in [0, 0.1) is 0 Å². The van der Waals surface area contributed by atoms with Gasteiger partial charge in [0, 0.05) is 30.7 Å². The number of likely N-dealkylation sites (tertiary alicyclic amines) is 1. The zero-order chi connectivity index (χ0) is 15.5. The maximum absolute atomic E-state index is 4.53. The second-order valence-electron chi connectivity index (χ2n) is 5.78. The van der Waals surface area contributed by atoms with Crippen LogP contribution in [-0.2, 0) is 6.54 Å². The van der Waals surface area contributed by atoms with E-state index in [0.29, 0.717) is 6.04 Å². The molecule has 0 spiro atoms. The van der Waals surface area contributed by atoms with Gasteiger partial charge >= 0.3 is 0 Å². The summed E-state index contributed by atoms with van der Waals surface area (Å²) >= 11 is 1.67. The lowest BCUT2D eigenvalue weighted by Gasteiger charge is -2.23. The first kappa shape index (κ1) is 14.5. The Bertz CT molecular complexity index is 740. The van der Waals surface area contributed by atoms with Crippen molar-refractivity contribution in [1.29, 1.82) is 0 Å². The van der Waals surface area contributed by atoms with Crippen LogP contribution in [0.25, 0.3) is 10.7 Å². The molecule has 4 heterocycles. The van der Waals surface area contributed by atoms with Crippen LogP contribution in [0.2, 0.25) is 0 Å². The van der Waals surface area contributed by atoms with E-state index in [1.165, 1.54) is 18.5 Å². The Morgan fingerprint density at radius 2 is 2.00 bits per heavy atom. The van der Waals surface area contributed by atoms with Crippen LogP contribution in [-0.4, -0.2) is 26.4 Å². The molecule has 1 saturated heterocycles. The molecule has 4 nitrogen and oxygen atoms in total. The summed E-state index contributed by atoms with van der Waals surface area (Å²) in [5, 5.41) is 2.05. The largest absolute Gasteiger partial charge is 0.290 e. The maximum Gasteiger partial charge on any atom is 0.169 e. The number of thiophene rings is 1. The Hall–Kier alpha value is -2.11. The van der Waals surface area contributed by atoms with Gasteiger partial charge in [0.05, 0.1) is 16.6 Å². The SMILES string of the molecule is c1ccc([C@@H]2CCCN2Cc2cnc(-c3cccs3)nc2)nc1. The van der Waals surface area contributed by atoms with Crippen molar-refractivity contribution >= 4 is 11.3 Å². The van der Waals surface area contributed by atoms with Crippen molar-refractivity contribution in [2.75, 3.05) is 6.54 Å². The third kappa shape index (κ3) is 3.16. The Kier molecular flexibility index (Phi) is 4.13. The number of rotatable bonds is 4. The molecule has 0 aromatic carbocycles. The average Bonchev–Trinajstić information content (AvgIpc) is 3.28. The normalized spacial score (nSPS) is 18.3. The zero-order valence-corrected chi connectivity index (χ0v) is 13.6. The Morgan fingerprint density at radius 1 is 1.09 bits per heavy atom. The summed E-state index contributed by atoms with van der Waals surface area (Å²) in [5.74, 6) is 0.812.